The van der Waals surface area contributed by atoms with E-state index in [-0.39, 0.29) is 22.6 Å². The third-order valence-electron chi connectivity index (χ3n) is 6.52. The van der Waals surface area contributed by atoms with E-state index in [0.29, 0.717) is 33.1 Å². The maximum Gasteiger partial charge on any atom is 0.412 e. The Morgan fingerprint density at radius 3 is 2.23 bits per heavy atom. The highest BCUT2D eigenvalue weighted by Crippen LogP contribution is 2.36. The highest BCUT2D eigenvalue weighted by Gasteiger charge is 2.22. The van der Waals surface area contributed by atoms with Gasteiger partial charge in [0.2, 0.25) is 0 Å². The molecule has 0 aliphatic rings. The quantitative estimate of drug-likeness (QED) is 0.182. The monoisotopic (exact) mass is 604 g/mol. The van der Waals surface area contributed by atoms with E-state index < -0.39 is 35.6 Å². The van der Waals surface area contributed by atoms with Gasteiger partial charge in [-0.3, -0.25) is 5.32 Å². The number of para-hydroxylation sites is 1. The van der Waals surface area contributed by atoms with Gasteiger partial charge >= 0.3 is 12.1 Å². The summed E-state index contributed by atoms with van der Waals surface area (Å²) in [4.78, 5) is 24.1. The second-order valence-corrected chi connectivity index (χ2v) is 9.82. The Labute approximate surface area is 249 Å². The van der Waals surface area contributed by atoms with Crippen molar-refractivity contribution in [1.29, 1.82) is 0 Å². The van der Waals surface area contributed by atoms with Gasteiger partial charge in [0.1, 0.15) is 28.8 Å². The molecule has 1 aromatic heterocycles. The summed E-state index contributed by atoms with van der Waals surface area (Å²) >= 11 is 6.20. The van der Waals surface area contributed by atoms with Crippen molar-refractivity contribution in [3.8, 4) is 33.9 Å². The molecule has 0 radical (unpaired) electrons. The summed E-state index contributed by atoms with van der Waals surface area (Å²) < 4.78 is 46.2. The number of hydrogen-bond acceptors (Lipinski definition) is 6. The Hall–Kier alpha value is -5.22. The zero-order valence-electron chi connectivity index (χ0n) is 22.7. The molecule has 2 N–H and O–H groups in total. The second-order valence-electron chi connectivity index (χ2n) is 9.42. The summed E-state index contributed by atoms with van der Waals surface area (Å²) in [6, 6.07) is 21.2. The molecular formula is C32H23ClF2N2O6. The van der Waals surface area contributed by atoms with Crippen LogP contribution in [0, 0.1) is 18.6 Å². The first-order chi connectivity index (χ1) is 20.6. The first-order valence-electron chi connectivity index (χ1n) is 12.9. The van der Waals surface area contributed by atoms with Crippen molar-refractivity contribution < 1.29 is 37.5 Å². The summed E-state index contributed by atoms with van der Waals surface area (Å²) in [6.45, 7) is 3.35. The highest BCUT2D eigenvalue weighted by atomic mass is 35.5. The summed E-state index contributed by atoms with van der Waals surface area (Å²) in [5, 5.41) is 16.4. The number of benzene rings is 4. The number of nitrogens with zero attached hydrogens (tertiary/aromatic N) is 1. The number of aryl methyl sites for hydroxylation is 1. The van der Waals surface area contributed by atoms with Gasteiger partial charge in [0.25, 0.3) is 0 Å². The van der Waals surface area contributed by atoms with Crippen LogP contribution in [0.5, 0.6) is 11.5 Å². The molecule has 0 fully saturated rings. The minimum absolute atomic E-state index is 0.195. The van der Waals surface area contributed by atoms with Gasteiger partial charge in [0, 0.05) is 16.1 Å². The average Bonchev–Trinajstić information content (AvgIpc) is 3.34. The molecule has 1 amide bonds. The van der Waals surface area contributed by atoms with Crippen molar-refractivity contribution in [3.05, 3.63) is 118 Å². The van der Waals surface area contributed by atoms with Crippen molar-refractivity contribution >= 4 is 29.4 Å². The smallest absolute Gasteiger partial charge is 0.412 e. The largest absolute Gasteiger partial charge is 0.478 e. The Kier molecular flexibility index (Phi) is 8.40. The number of halogens is 3. The number of carbonyl (C=O) groups excluding carboxylic acids is 1. The number of aromatic carboxylic acids is 1. The van der Waals surface area contributed by atoms with Crippen molar-refractivity contribution in [3.63, 3.8) is 0 Å². The molecule has 0 aliphatic heterocycles. The van der Waals surface area contributed by atoms with E-state index in [1.54, 1.807) is 62.4 Å². The van der Waals surface area contributed by atoms with Gasteiger partial charge in [-0.1, -0.05) is 71.4 Å². The van der Waals surface area contributed by atoms with Gasteiger partial charge in [-0.2, -0.15) is 0 Å². The van der Waals surface area contributed by atoms with Crippen LogP contribution in [0.25, 0.3) is 22.5 Å². The van der Waals surface area contributed by atoms with Crippen LogP contribution < -0.4 is 10.1 Å². The number of carboxylic acid groups (broad SMARTS) is 1. The number of ether oxygens (including phenoxy) is 2. The van der Waals surface area contributed by atoms with Crippen LogP contribution in [-0.2, 0) is 4.74 Å². The summed E-state index contributed by atoms with van der Waals surface area (Å²) in [5.74, 6) is -3.99. The van der Waals surface area contributed by atoms with Gasteiger partial charge < -0.3 is 19.1 Å². The van der Waals surface area contributed by atoms with Crippen molar-refractivity contribution in [2.45, 2.75) is 20.0 Å². The second kappa shape index (κ2) is 12.3. The lowest BCUT2D eigenvalue weighted by Gasteiger charge is -2.15. The van der Waals surface area contributed by atoms with E-state index in [1.165, 1.54) is 24.3 Å². The number of amides is 1. The molecule has 43 heavy (non-hydrogen) atoms. The molecule has 1 heterocycles. The standard InChI is InChI=1S/C32H23ClF2N2O6/c1-17-28(36-32(40)41-18(2)22-7-3-5-9-24(22)33)29(43-37-17)20-13-11-19(12-14-20)21-15-25(34)30(26(35)16-21)42-27-10-6-4-8-23(27)31(38)39/h3-16,18H,1-2H3,(H,36,40)(H,38,39). The summed E-state index contributed by atoms with van der Waals surface area (Å²) in [6.07, 6.45) is -1.36. The number of carboxylic acids is 1. The van der Waals surface area contributed by atoms with Crippen molar-refractivity contribution in [2.24, 2.45) is 0 Å². The van der Waals surface area contributed by atoms with Crippen molar-refractivity contribution in [1.82, 2.24) is 5.16 Å². The van der Waals surface area contributed by atoms with Crippen LogP contribution in [-0.4, -0.2) is 22.3 Å². The van der Waals surface area contributed by atoms with Gasteiger partial charge in [0.05, 0.1) is 0 Å². The fourth-order valence-electron chi connectivity index (χ4n) is 4.35. The number of nitrogens with one attached hydrogen (secondary N) is 1. The predicted octanol–water partition coefficient (Wildman–Crippen LogP) is 9.05. The number of carbonyl (C=O) groups is 2. The third-order valence-corrected chi connectivity index (χ3v) is 6.87. The fraction of sp³-hybridized carbons (Fsp3) is 0.0938. The average molecular weight is 605 g/mol. The van der Waals surface area contributed by atoms with E-state index in [0.717, 1.165) is 12.1 Å². The fourth-order valence-corrected chi connectivity index (χ4v) is 4.64. The van der Waals surface area contributed by atoms with Gasteiger partial charge in [-0.05, 0) is 55.3 Å². The first kappa shape index (κ1) is 29.3. The lowest BCUT2D eigenvalue weighted by Crippen LogP contribution is -2.17. The van der Waals surface area contributed by atoms with E-state index in [1.807, 2.05) is 0 Å². The minimum Gasteiger partial charge on any atom is -0.478 e. The van der Waals surface area contributed by atoms with E-state index in [4.69, 9.17) is 25.6 Å². The lowest BCUT2D eigenvalue weighted by atomic mass is 10.0. The van der Waals surface area contributed by atoms with Gasteiger partial charge in [-0.15, -0.1) is 0 Å². The first-order valence-corrected chi connectivity index (χ1v) is 13.3. The maximum absolute atomic E-state index is 15.0. The van der Waals surface area contributed by atoms with E-state index in [2.05, 4.69) is 10.5 Å². The molecule has 1 unspecified atom stereocenters. The molecule has 0 saturated heterocycles. The minimum atomic E-state index is -1.29. The molecule has 0 bridgehead atoms. The molecular weight excluding hydrogens is 582 g/mol. The topological polar surface area (TPSA) is 111 Å². The molecule has 5 rings (SSSR count). The van der Waals surface area contributed by atoms with Crippen LogP contribution >= 0.6 is 11.6 Å². The molecule has 4 aromatic carbocycles. The van der Waals surface area contributed by atoms with Gasteiger partial charge in [0.15, 0.2) is 23.1 Å². The lowest BCUT2D eigenvalue weighted by molar-refractivity contribution is 0.0693. The van der Waals surface area contributed by atoms with E-state index >= 15 is 0 Å². The molecule has 0 spiro atoms. The Balaban J connectivity index is 1.34. The zero-order chi connectivity index (χ0) is 30.7. The van der Waals surface area contributed by atoms with Crippen LogP contribution in [0.2, 0.25) is 5.02 Å². The Morgan fingerprint density at radius 2 is 1.56 bits per heavy atom. The molecule has 0 aliphatic carbocycles. The SMILES string of the molecule is Cc1noc(-c2ccc(-c3cc(F)c(Oc4ccccc4C(=O)O)c(F)c3)cc2)c1NC(=O)OC(C)c1ccccc1Cl. The molecule has 218 valence electrons. The third kappa shape index (κ3) is 6.34. The molecule has 1 atom stereocenters. The number of aromatic nitrogens is 1. The van der Waals surface area contributed by atoms with E-state index in [9.17, 15) is 23.5 Å². The van der Waals surface area contributed by atoms with Crippen LogP contribution in [0.15, 0.2) is 89.5 Å². The van der Waals surface area contributed by atoms with Crippen molar-refractivity contribution in [2.75, 3.05) is 5.32 Å². The summed E-state index contributed by atoms with van der Waals surface area (Å²) in [7, 11) is 0. The van der Waals surface area contributed by atoms with Crippen LogP contribution in [0.4, 0.5) is 19.3 Å². The Morgan fingerprint density at radius 1 is 0.930 bits per heavy atom. The highest BCUT2D eigenvalue weighted by molar-refractivity contribution is 6.31. The zero-order valence-corrected chi connectivity index (χ0v) is 23.5. The molecule has 5 aromatic rings. The predicted molar refractivity (Wildman–Crippen MR) is 155 cm³/mol. The van der Waals surface area contributed by atoms with Crippen LogP contribution in [0.1, 0.15) is 34.6 Å². The number of rotatable bonds is 8. The molecule has 11 heteroatoms. The summed E-state index contributed by atoms with van der Waals surface area (Å²) in [5.41, 5.74) is 2.33. The number of hydrogen-bond donors (Lipinski definition) is 2. The van der Waals surface area contributed by atoms with Gasteiger partial charge in [-0.25, -0.2) is 18.4 Å². The maximum atomic E-state index is 15.0. The van der Waals surface area contributed by atoms with Crippen LogP contribution in [0.3, 0.4) is 0 Å². The molecule has 8 nitrogen and oxygen atoms in total. The Bertz CT molecular complexity index is 1800. The normalized spacial score (nSPS) is 11.6. The molecule has 0 saturated carbocycles. The number of anilines is 1.